The molecular weight excluding hydrogens is 577 g/mol. The second kappa shape index (κ2) is 15.3. The summed E-state index contributed by atoms with van der Waals surface area (Å²) in [5.74, 6) is 0.542. The second-order valence-electron chi connectivity index (χ2n) is 9.57. The zero-order valence-electron chi connectivity index (χ0n) is 23.0. The lowest BCUT2D eigenvalue weighted by molar-refractivity contribution is -0.145. The van der Waals surface area contributed by atoms with Gasteiger partial charge in [0.25, 0.3) is 5.91 Å². The van der Waals surface area contributed by atoms with Crippen molar-refractivity contribution in [3.8, 4) is 11.4 Å². The van der Waals surface area contributed by atoms with E-state index in [9.17, 15) is 9.59 Å². The number of nitrogens with zero attached hydrogens (tertiary/aromatic N) is 5. The number of rotatable bonds is 11. The van der Waals surface area contributed by atoms with Gasteiger partial charge in [-0.3, -0.25) is 19.9 Å². The highest BCUT2D eigenvalue weighted by molar-refractivity contribution is 6.34. The van der Waals surface area contributed by atoms with Crippen LogP contribution < -0.4 is 15.5 Å². The van der Waals surface area contributed by atoms with Crippen molar-refractivity contribution >= 4 is 53.9 Å². The molecule has 4 rings (SSSR count). The number of carbonyl (C=O) groups excluding carboxylic acids is 2. The van der Waals surface area contributed by atoms with E-state index in [1.165, 1.54) is 11.1 Å². The first-order valence-corrected chi connectivity index (χ1v) is 13.0. The number of hydrazine groups is 1. The first kappa shape index (κ1) is 33.5. The van der Waals surface area contributed by atoms with Gasteiger partial charge in [0.15, 0.2) is 0 Å². The number of fused-ring (bicyclic) bond motifs is 1. The molecule has 0 atom stereocenters. The third-order valence-corrected chi connectivity index (χ3v) is 6.69. The number of anilines is 1. The third-order valence-electron chi connectivity index (χ3n) is 6.37. The predicted molar refractivity (Wildman–Crippen MR) is 161 cm³/mol. The van der Waals surface area contributed by atoms with Crippen molar-refractivity contribution < 1.29 is 14.1 Å². The maximum atomic E-state index is 13.4. The Morgan fingerprint density at radius 1 is 1.07 bits per heavy atom. The summed E-state index contributed by atoms with van der Waals surface area (Å²) in [5, 5.41) is 14.4. The van der Waals surface area contributed by atoms with Crippen LogP contribution in [0.1, 0.15) is 30.9 Å². The normalized spacial score (nSPS) is 12.4. The Labute approximate surface area is 252 Å². The van der Waals surface area contributed by atoms with Gasteiger partial charge in [0.1, 0.15) is 0 Å². The van der Waals surface area contributed by atoms with Crippen molar-refractivity contribution in [3.05, 3.63) is 64.5 Å². The van der Waals surface area contributed by atoms with Gasteiger partial charge in [0.2, 0.25) is 17.6 Å². The standard InChI is InChI=1S/C27H34ClN7O3.2ClH/c1-18(2)30-11-12-35(24-13-20(9-10-23(24)28)27-31-19(3)38-32-27)26(37)15-29-14-25(36)33(4)34-16-21-7-5-6-8-22(21)17-34;;/h5-10,13,18,29-30H,11-12,14-17H2,1-4H3;2*1H. The zero-order valence-corrected chi connectivity index (χ0v) is 25.4. The van der Waals surface area contributed by atoms with Gasteiger partial charge in [0, 0.05) is 51.8 Å². The molecule has 0 aliphatic carbocycles. The van der Waals surface area contributed by atoms with E-state index in [2.05, 4.69) is 32.9 Å². The maximum Gasteiger partial charge on any atom is 0.250 e. The Bertz CT molecular complexity index is 1260. The molecule has 0 fully saturated rings. The van der Waals surface area contributed by atoms with E-state index in [1.54, 1.807) is 42.1 Å². The van der Waals surface area contributed by atoms with E-state index in [4.69, 9.17) is 16.1 Å². The molecule has 0 saturated heterocycles. The number of halogens is 3. The van der Waals surface area contributed by atoms with Crippen LogP contribution in [-0.4, -0.2) is 71.2 Å². The summed E-state index contributed by atoms with van der Waals surface area (Å²) in [6.45, 7) is 8.14. The number of aryl methyl sites for hydroxylation is 1. The fourth-order valence-electron chi connectivity index (χ4n) is 4.29. The molecular formula is C27H36Cl3N7O3. The van der Waals surface area contributed by atoms with Crippen molar-refractivity contribution in [1.82, 2.24) is 30.8 Å². The molecule has 2 amide bonds. The number of likely N-dealkylation sites (N-methyl/N-ethyl adjacent to an activating group) is 1. The van der Waals surface area contributed by atoms with Crippen LogP contribution >= 0.6 is 36.4 Å². The average Bonchev–Trinajstić information content (AvgIpc) is 3.52. The fraction of sp³-hybridized carbons (Fsp3) is 0.407. The molecule has 0 bridgehead atoms. The summed E-state index contributed by atoms with van der Waals surface area (Å²) in [6, 6.07) is 13.7. The Kier molecular flexibility index (Phi) is 12.8. The highest BCUT2D eigenvalue weighted by Gasteiger charge is 2.25. The van der Waals surface area contributed by atoms with Crippen LogP contribution in [0.2, 0.25) is 5.02 Å². The Morgan fingerprint density at radius 2 is 1.73 bits per heavy atom. The lowest BCUT2D eigenvalue weighted by Crippen LogP contribution is -2.47. The monoisotopic (exact) mass is 611 g/mol. The lowest BCUT2D eigenvalue weighted by atomic mass is 10.1. The smallest absolute Gasteiger partial charge is 0.250 e. The van der Waals surface area contributed by atoms with Gasteiger partial charge >= 0.3 is 0 Å². The highest BCUT2D eigenvalue weighted by atomic mass is 35.5. The number of amides is 2. The van der Waals surface area contributed by atoms with Gasteiger partial charge in [-0.15, -0.1) is 24.8 Å². The molecule has 0 saturated carbocycles. The van der Waals surface area contributed by atoms with Crippen molar-refractivity contribution in [2.24, 2.45) is 0 Å². The molecule has 0 spiro atoms. The van der Waals surface area contributed by atoms with Gasteiger partial charge in [-0.1, -0.05) is 54.9 Å². The molecule has 0 radical (unpaired) electrons. The highest BCUT2D eigenvalue weighted by Crippen LogP contribution is 2.31. The van der Waals surface area contributed by atoms with Gasteiger partial charge in [-0.05, 0) is 29.3 Å². The Hall–Kier alpha value is -2.73. The number of carbonyl (C=O) groups is 2. The summed E-state index contributed by atoms with van der Waals surface area (Å²) in [7, 11) is 1.76. The lowest BCUT2D eigenvalue weighted by Gasteiger charge is -2.28. The third kappa shape index (κ3) is 8.39. The molecule has 40 heavy (non-hydrogen) atoms. The van der Waals surface area contributed by atoms with Crippen LogP contribution in [-0.2, 0) is 22.7 Å². The van der Waals surface area contributed by atoms with Crippen LogP contribution in [0, 0.1) is 6.92 Å². The van der Waals surface area contributed by atoms with Gasteiger partial charge in [-0.25, -0.2) is 5.01 Å². The minimum Gasteiger partial charge on any atom is -0.339 e. The molecule has 2 N–H and O–H groups in total. The first-order valence-electron chi connectivity index (χ1n) is 12.7. The van der Waals surface area contributed by atoms with Crippen molar-refractivity contribution in [2.45, 2.75) is 39.9 Å². The summed E-state index contributed by atoms with van der Waals surface area (Å²) >= 11 is 6.54. The quantitative estimate of drug-likeness (QED) is 0.336. The van der Waals surface area contributed by atoms with Crippen LogP contribution in [0.15, 0.2) is 47.0 Å². The number of aromatic nitrogens is 2. The molecule has 0 unspecified atom stereocenters. The number of hydrogen-bond acceptors (Lipinski definition) is 8. The summed E-state index contributed by atoms with van der Waals surface area (Å²) < 4.78 is 5.10. The van der Waals surface area contributed by atoms with E-state index in [0.717, 1.165) is 0 Å². The minimum atomic E-state index is -0.206. The molecule has 1 aliphatic heterocycles. The van der Waals surface area contributed by atoms with Crippen LogP contribution in [0.25, 0.3) is 11.4 Å². The van der Waals surface area contributed by atoms with Crippen LogP contribution in [0.4, 0.5) is 5.69 Å². The fourth-order valence-corrected chi connectivity index (χ4v) is 4.51. The SMILES string of the molecule is Cc1nc(-c2ccc(Cl)c(N(CCNC(C)C)C(=O)CNCC(=O)N(C)N3Cc4ccccc4C3)c2)no1.Cl.Cl. The van der Waals surface area contributed by atoms with Crippen molar-refractivity contribution in [1.29, 1.82) is 0 Å². The molecule has 3 aromatic rings. The number of benzene rings is 2. The van der Waals surface area contributed by atoms with E-state index in [1.807, 2.05) is 31.0 Å². The van der Waals surface area contributed by atoms with E-state index >= 15 is 0 Å². The van der Waals surface area contributed by atoms with Crippen LogP contribution in [0.3, 0.4) is 0 Å². The Morgan fingerprint density at radius 3 is 2.33 bits per heavy atom. The zero-order chi connectivity index (χ0) is 27.2. The minimum absolute atomic E-state index is 0. The molecule has 10 nitrogen and oxygen atoms in total. The summed E-state index contributed by atoms with van der Waals surface area (Å²) in [5.41, 5.74) is 3.67. The largest absolute Gasteiger partial charge is 0.339 e. The first-order chi connectivity index (χ1) is 18.2. The second-order valence-corrected chi connectivity index (χ2v) is 9.98. The van der Waals surface area contributed by atoms with Crippen molar-refractivity contribution in [2.75, 3.05) is 38.1 Å². The summed E-state index contributed by atoms with van der Waals surface area (Å²) in [6.07, 6.45) is 0. The predicted octanol–water partition coefficient (Wildman–Crippen LogP) is 3.85. The number of hydrogen-bond donors (Lipinski definition) is 2. The van der Waals surface area contributed by atoms with Gasteiger partial charge in [-0.2, -0.15) is 4.98 Å². The van der Waals surface area contributed by atoms with Gasteiger partial charge in [0.05, 0.1) is 23.8 Å². The average molecular weight is 613 g/mol. The molecule has 2 aromatic carbocycles. The molecule has 13 heteroatoms. The molecule has 218 valence electrons. The number of nitrogens with one attached hydrogen (secondary N) is 2. The van der Waals surface area contributed by atoms with E-state index in [0.29, 0.717) is 54.2 Å². The Balaban J connectivity index is 0.00000280. The topological polar surface area (TPSA) is 107 Å². The maximum absolute atomic E-state index is 13.4. The van der Waals surface area contributed by atoms with Crippen LogP contribution in [0.5, 0.6) is 0 Å². The molecule has 1 aromatic heterocycles. The van der Waals surface area contributed by atoms with E-state index in [-0.39, 0.29) is 55.8 Å². The molecule has 2 heterocycles. The molecule has 1 aliphatic rings. The van der Waals surface area contributed by atoms with Crippen molar-refractivity contribution in [3.63, 3.8) is 0 Å². The van der Waals surface area contributed by atoms with E-state index < -0.39 is 0 Å². The summed E-state index contributed by atoms with van der Waals surface area (Å²) in [4.78, 5) is 32.1. The van der Waals surface area contributed by atoms with Gasteiger partial charge < -0.3 is 14.7 Å².